The molecule has 2 heterocycles. The van der Waals surface area contributed by atoms with E-state index in [2.05, 4.69) is 15.1 Å². The first-order chi connectivity index (χ1) is 13.8. The van der Waals surface area contributed by atoms with Gasteiger partial charge in [-0.15, -0.1) is 5.10 Å². The Morgan fingerprint density at radius 3 is 2.66 bits per heavy atom. The average molecular weight is 404 g/mol. The number of rotatable bonds is 6. The van der Waals surface area contributed by atoms with E-state index in [1.165, 1.54) is 23.3 Å². The van der Waals surface area contributed by atoms with Crippen LogP contribution in [0.15, 0.2) is 42.9 Å². The van der Waals surface area contributed by atoms with E-state index in [4.69, 9.17) is 0 Å². The number of allylic oxidation sites excluding steroid dienone is 1. The zero-order valence-electron chi connectivity index (χ0n) is 16.0. The summed E-state index contributed by atoms with van der Waals surface area (Å²) in [6.07, 6.45) is 2.04. The molecule has 0 saturated heterocycles. The molecule has 152 valence electrons. The van der Waals surface area contributed by atoms with Gasteiger partial charge in [0.1, 0.15) is 6.33 Å². The quantitative estimate of drug-likeness (QED) is 0.382. The van der Waals surface area contributed by atoms with Gasteiger partial charge in [0.05, 0.1) is 5.56 Å². The van der Waals surface area contributed by atoms with Gasteiger partial charge in [-0.2, -0.15) is 17.6 Å². The maximum Gasteiger partial charge on any atom is 0.416 e. The summed E-state index contributed by atoms with van der Waals surface area (Å²) in [6.45, 7) is 3.67. The monoisotopic (exact) mass is 404 g/mol. The van der Waals surface area contributed by atoms with Gasteiger partial charge in [-0.05, 0) is 61.2 Å². The number of aryl methyl sites for hydroxylation is 1. The first kappa shape index (κ1) is 20.7. The highest BCUT2D eigenvalue weighted by Gasteiger charge is 2.31. The lowest BCUT2D eigenvalue weighted by Gasteiger charge is -2.11. The second-order valence-electron chi connectivity index (χ2n) is 6.72. The molecular formula is C21H20F4N4. The summed E-state index contributed by atoms with van der Waals surface area (Å²) in [5.74, 6) is -0.440. The van der Waals surface area contributed by atoms with E-state index < -0.39 is 17.7 Å². The Bertz CT molecular complexity index is 1020. The van der Waals surface area contributed by atoms with Gasteiger partial charge in [-0.3, -0.25) is 0 Å². The van der Waals surface area contributed by atoms with Crippen molar-refractivity contribution in [1.29, 1.82) is 0 Å². The lowest BCUT2D eigenvalue weighted by Crippen LogP contribution is -2.06. The fourth-order valence-electron chi connectivity index (χ4n) is 2.93. The highest BCUT2D eigenvalue weighted by molar-refractivity contribution is 5.73. The minimum atomic E-state index is -4.45. The smallest absolute Gasteiger partial charge is 0.228 e. The van der Waals surface area contributed by atoms with Crippen LogP contribution >= 0.6 is 0 Å². The summed E-state index contributed by atoms with van der Waals surface area (Å²) in [4.78, 5) is 7.73. The molecule has 3 aromatic rings. The molecule has 0 fully saturated rings. The standard InChI is InChI=1S/C21H20F4N4/c1-3-4-6-15-9-16(11-17(10-15)21(23,24)25)20-27-13-29(28-20)12-14(2)18-7-5-8-26-19(18)22/h5,7-13H,3-4,6H2,1-2H3/b14-12+. The van der Waals surface area contributed by atoms with Crippen LogP contribution < -0.4 is 0 Å². The van der Waals surface area contributed by atoms with Crippen LogP contribution in [0, 0.1) is 5.95 Å². The van der Waals surface area contributed by atoms with Crippen molar-refractivity contribution < 1.29 is 17.6 Å². The number of hydrogen-bond donors (Lipinski definition) is 0. The molecule has 0 radical (unpaired) electrons. The highest BCUT2D eigenvalue weighted by atomic mass is 19.4. The van der Waals surface area contributed by atoms with Crippen molar-refractivity contribution in [3.8, 4) is 11.4 Å². The van der Waals surface area contributed by atoms with E-state index in [1.807, 2.05) is 6.92 Å². The van der Waals surface area contributed by atoms with E-state index >= 15 is 0 Å². The summed E-state index contributed by atoms with van der Waals surface area (Å²) in [5, 5.41) is 4.24. The second-order valence-corrected chi connectivity index (χ2v) is 6.72. The van der Waals surface area contributed by atoms with Crippen LogP contribution in [0.25, 0.3) is 23.2 Å². The van der Waals surface area contributed by atoms with E-state index in [0.717, 1.165) is 18.9 Å². The molecule has 2 aromatic heterocycles. The molecule has 3 rings (SSSR count). The molecule has 0 aliphatic rings. The Kier molecular flexibility index (Phi) is 6.10. The van der Waals surface area contributed by atoms with Crippen LogP contribution in [0.3, 0.4) is 0 Å². The van der Waals surface area contributed by atoms with Crippen LogP contribution in [-0.2, 0) is 12.6 Å². The van der Waals surface area contributed by atoms with Gasteiger partial charge in [0.15, 0.2) is 5.82 Å². The summed E-state index contributed by atoms with van der Waals surface area (Å²) in [5.41, 5.74) is 1.03. The molecule has 29 heavy (non-hydrogen) atoms. The Labute approximate surface area is 165 Å². The van der Waals surface area contributed by atoms with Gasteiger partial charge in [-0.1, -0.05) is 13.3 Å². The zero-order valence-corrected chi connectivity index (χ0v) is 16.0. The lowest BCUT2D eigenvalue weighted by molar-refractivity contribution is -0.137. The van der Waals surface area contributed by atoms with E-state index in [9.17, 15) is 17.6 Å². The summed E-state index contributed by atoms with van der Waals surface area (Å²) >= 11 is 0. The SMILES string of the molecule is CCCCc1cc(-c2ncn(/C=C(\C)c3cccnc3F)n2)cc(C(F)(F)F)c1. The van der Waals surface area contributed by atoms with Crippen molar-refractivity contribution in [1.82, 2.24) is 19.7 Å². The van der Waals surface area contributed by atoms with Crippen molar-refractivity contribution >= 4 is 11.8 Å². The first-order valence-electron chi connectivity index (χ1n) is 9.20. The van der Waals surface area contributed by atoms with Crippen molar-refractivity contribution in [2.24, 2.45) is 0 Å². The third-order valence-corrected chi connectivity index (χ3v) is 4.42. The molecule has 0 aliphatic heterocycles. The molecular weight excluding hydrogens is 384 g/mol. The fraction of sp³-hybridized carbons (Fsp3) is 0.286. The normalized spacial score (nSPS) is 12.4. The molecule has 4 nitrogen and oxygen atoms in total. The Balaban J connectivity index is 1.95. The molecule has 0 atom stereocenters. The van der Waals surface area contributed by atoms with Crippen molar-refractivity contribution in [2.75, 3.05) is 0 Å². The Morgan fingerprint density at radius 1 is 1.17 bits per heavy atom. The molecule has 0 N–H and O–H groups in total. The maximum atomic E-state index is 13.8. The van der Waals surface area contributed by atoms with Crippen molar-refractivity contribution in [3.05, 3.63) is 65.5 Å². The van der Waals surface area contributed by atoms with E-state index in [0.29, 0.717) is 28.7 Å². The predicted octanol–water partition coefficient (Wildman–Crippen LogP) is 5.86. The number of benzene rings is 1. The van der Waals surface area contributed by atoms with Crippen LogP contribution in [0.1, 0.15) is 43.4 Å². The number of unbranched alkanes of at least 4 members (excludes halogenated alkanes) is 1. The summed E-state index contributed by atoms with van der Waals surface area (Å²) in [7, 11) is 0. The van der Waals surface area contributed by atoms with Gasteiger partial charge < -0.3 is 0 Å². The summed E-state index contributed by atoms with van der Waals surface area (Å²) < 4.78 is 55.0. The van der Waals surface area contributed by atoms with Gasteiger partial charge >= 0.3 is 6.18 Å². The lowest BCUT2D eigenvalue weighted by atomic mass is 10.0. The van der Waals surface area contributed by atoms with E-state index in [-0.39, 0.29) is 5.82 Å². The van der Waals surface area contributed by atoms with Crippen LogP contribution in [0.2, 0.25) is 0 Å². The number of nitrogens with zero attached hydrogens (tertiary/aromatic N) is 4. The third-order valence-electron chi connectivity index (χ3n) is 4.42. The van der Waals surface area contributed by atoms with Gasteiger partial charge in [0.2, 0.25) is 5.95 Å². The van der Waals surface area contributed by atoms with Crippen molar-refractivity contribution in [2.45, 2.75) is 39.3 Å². The van der Waals surface area contributed by atoms with Gasteiger partial charge in [0, 0.05) is 23.5 Å². The maximum absolute atomic E-state index is 13.8. The number of aromatic nitrogens is 4. The minimum Gasteiger partial charge on any atom is -0.228 e. The molecule has 0 bridgehead atoms. The Morgan fingerprint density at radius 2 is 1.97 bits per heavy atom. The van der Waals surface area contributed by atoms with Gasteiger partial charge in [-0.25, -0.2) is 14.6 Å². The number of halogens is 4. The highest BCUT2D eigenvalue weighted by Crippen LogP contribution is 2.33. The molecule has 0 saturated carbocycles. The molecule has 0 spiro atoms. The van der Waals surface area contributed by atoms with Gasteiger partial charge in [0.25, 0.3) is 0 Å². The van der Waals surface area contributed by atoms with Crippen LogP contribution in [0.5, 0.6) is 0 Å². The molecule has 0 unspecified atom stereocenters. The topological polar surface area (TPSA) is 43.6 Å². The second kappa shape index (κ2) is 8.55. The molecule has 8 heteroatoms. The minimum absolute atomic E-state index is 0.171. The number of alkyl halides is 3. The molecule has 0 aliphatic carbocycles. The molecule has 1 aromatic carbocycles. The average Bonchev–Trinajstić information content (AvgIpc) is 3.14. The largest absolute Gasteiger partial charge is 0.416 e. The van der Waals surface area contributed by atoms with Crippen LogP contribution in [0.4, 0.5) is 17.6 Å². The Hall–Kier alpha value is -3.03. The fourth-order valence-corrected chi connectivity index (χ4v) is 2.93. The number of hydrogen-bond acceptors (Lipinski definition) is 3. The summed E-state index contributed by atoms with van der Waals surface area (Å²) in [6, 6.07) is 7.10. The zero-order chi connectivity index (χ0) is 21.0. The molecule has 0 amide bonds. The first-order valence-corrected chi connectivity index (χ1v) is 9.20. The third kappa shape index (κ3) is 5.07. The van der Waals surface area contributed by atoms with Crippen molar-refractivity contribution in [3.63, 3.8) is 0 Å². The predicted molar refractivity (Wildman–Crippen MR) is 103 cm³/mol. The van der Waals surface area contributed by atoms with E-state index in [1.54, 1.807) is 31.3 Å². The number of pyridine rings is 1. The van der Waals surface area contributed by atoms with Crippen LogP contribution in [-0.4, -0.2) is 19.7 Å².